The number of rotatable bonds is 8. The average Bonchev–Trinajstić information content (AvgIpc) is 3.57. The van der Waals surface area contributed by atoms with Gasteiger partial charge in [-0.25, -0.2) is 24.3 Å². The van der Waals surface area contributed by atoms with Crippen LogP contribution in [0.3, 0.4) is 0 Å². The summed E-state index contributed by atoms with van der Waals surface area (Å²) in [7, 11) is 0. The van der Waals surface area contributed by atoms with Gasteiger partial charge in [-0.1, -0.05) is 35.7 Å². The van der Waals surface area contributed by atoms with Crippen molar-refractivity contribution in [1.82, 2.24) is 29.7 Å². The van der Waals surface area contributed by atoms with Crippen LogP contribution in [-0.4, -0.2) is 81.5 Å². The average molecular weight is 541 g/mol. The highest BCUT2D eigenvalue weighted by Crippen LogP contribution is 2.33. The fraction of sp³-hybridized carbons (Fsp3) is 0.400. The van der Waals surface area contributed by atoms with E-state index in [1.807, 2.05) is 23.1 Å². The number of anilines is 3. The molecule has 1 amide bonds. The molecular weight excluding hydrogens is 511 g/mol. The van der Waals surface area contributed by atoms with Crippen LogP contribution in [0, 0.1) is 5.82 Å². The van der Waals surface area contributed by atoms with Gasteiger partial charge in [0, 0.05) is 44.8 Å². The largest absolute Gasteiger partial charge is 0.349 e. The van der Waals surface area contributed by atoms with Crippen LogP contribution in [0.25, 0.3) is 21.5 Å². The molecule has 0 aliphatic carbocycles. The van der Waals surface area contributed by atoms with Crippen molar-refractivity contribution in [2.45, 2.75) is 20.8 Å². The number of carbonyl (C=O) groups is 1. The second-order valence-electron chi connectivity index (χ2n) is 8.62. The molecule has 1 N–H and O–H groups in total. The number of hydrogen-bond acceptors (Lipinski definition) is 10. The van der Waals surface area contributed by atoms with E-state index in [1.165, 1.54) is 11.3 Å². The zero-order valence-electron chi connectivity index (χ0n) is 21.1. The summed E-state index contributed by atoms with van der Waals surface area (Å²) >= 11 is 2.82. The van der Waals surface area contributed by atoms with Gasteiger partial charge in [-0.05, 0) is 32.5 Å². The minimum absolute atomic E-state index is 0.0241. The van der Waals surface area contributed by atoms with Crippen LogP contribution in [-0.2, 0) is 0 Å². The standard InChI is InChI=1S/C25H29FN8OS2/c1-4-32-9-11-34(12-10-32)22(35)20-15-28-24(36-20)31-23-27-14-17(26)21(30-23)16-7-8-18-19(13-16)37-25(29-18)33(5-2)6-3/h7-8,13-15H,4-6,9-12H2,1-3H3,(H,27,28,30,31). The number of benzene rings is 1. The van der Waals surface area contributed by atoms with Gasteiger partial charge < -0.3 is 20.0 Å². The molecule has 1 fully saturated rings. The molecule has 1 aliphatic rings. The Bertz CT molecular complexity index is 1390. The molecule has 0 radical (unpaired) electrons. The Balaban J connectivity index is 1.33. The van der Waals surface area contributed by atoms with Gasteiger partial charge in [-0.15, -0.1) is 0 Å². The second-order valence-corrected chi connectivity index (χ2v) is 10.7. The molecule has 0 unspecified atom stereocenters. The Hall–Kier alpha value is -3.22. The molecule has 0 bridgehead atoms. The summed E-state index contributed by atoms with van der Waals surface area (Å²) in [5.41, 5.74) is 1.71. The van der Waals surface area contributed by atoms with E-state index in [4.69, 9.17) is 4.98 Å². The number of piperazine rings is 1. The van der Waals surface area contributed by atoms with Gasteiger partial charge in [0.05, 0.1) is 22.6 Å². The fourth-order valence-corrected chi connectivity index (χ4v) is 6.18. The molecule has 5 rings (SSSR count). The lowest BCUT2D eigenvalue weighted by Crippen LogP contribution is -2.48. The minimum atomic E-state index is -0.514. The lowest BCUT2D eigenvalue weighted by atomic mass is 10.1. The van der Waals surface area contributed by atoms with Crippen molar-refractivity contribution in [2.75, 3.05) is 56.0 Å². The summed E-state index contributed by atoms with van der Waals surface area (Å²) in [6.07, 6.45) is 2.72. The number of carbonyl (C=O) groups excluding carboxylic acids is 1. The van der Waals surface area contributed by atoms with Crippen molar-refractivity contribution >= 4 is 55.0 Å². The summed E-state index contributed by atoms with van der Waals surface area (Å²) in [5.74, 6) is -0.321. The first-order chi connectivity index (χ1) is 18.0. The molecule has 1 aliphatic heterocycles. The molecule has 1 saturated heterocycles. The fourth-order valence-electron chi connectivity index (χ4n) is 4.27. The van der Waals surface area contributed by atoms with Gasteiger partial charge in [-0.2, -0.15) is 0 Å². The predicted octanol–water partition coefficient (Wildman–Crippen LogP) is 4.72. The zero-order chi connectivity index (χ0) is 25.9. The van der Waals surface area contributed by atoms with Crippen molar-refractivity contribution in [2.24, 2.45) is 0 Å². The number of nitrogens with one attached hydrogen (secondary N) is 1. The summed E-state index contributed by atoms with van der Waals surface area (Å²) in [4.78, 5) is 37.4. The zero-order valence-corrected chi connectivity index (χ0v) is 22.7. The van der Waals surface area contributed by atoms with Gasteiger partial charge in [0.1, 0.15) is 10.6 Å². The Morgan fingerprint density at radius 3 is 2.57 bits per heavy atom. The van der Waals surface area contributed by atoms with Gasteiger partial charge in [0.25, 0.3) is 5.91 Å². The number of fused-ring (bicyclic) bond motifs is 1. The summed E-state index contributed by atoms with van der Waals surface area (Å²) in [5, 5.41) is 4.46. The van der Waals surface area contributed by atoms with Crippen LogP contribution in [0.2, 0.25) is 0 Å². The molecule has 0 spiro atoms. The normalized spacial score (nSPS) is 14.3. The van der Waals surface area contributed by atoms with Crippen LogP contribution in [0.1, 0.15) is 30.4 Å². The predicted molar refractivity (Wildman–Crippen MR) is 148 cm³/mol. The van der Waals surface area contributed by atoms with Crippen molar-refractivity contribution in [1.29, 1.82) is 0 Å². The Labute approximate surface area is 223 Å². The van der Waals surface area contributed by atoms with E-state index in [0.717, 1.165) is 54.3 Å². The number of amides is 1. The lowest BCUT2D eigenvalue weighted by molar-refractivity contribution is 0.0648. The molecule has 37 heavy (non-hydrogen) atoms. The molecule has 4 heterocycles. The monoisotopic (exact) mass is 540 g/mol. The molecule has 4 aromatic rings. The summed E-state index contributed by atoms with van der Waals surface area (Å²) < 4.78 is 15.7. The maximum Gasteiger partial charge on any atom is 0.265 e. The molecule has 194 valence electrons. The van der Waals surface area contributed by atoms with Crippen molar-refractivity contribution in [3.05, 3.63) is 41.3 Å². The Morgan fingerprint density at radius 2 is 1.84 bits per heavy atom. The summed E-state index contributed by atoms with van der Waals surface area (Å²) in [6, 6.07) is 5.62. The van der Waals surface area contributed by atoms with E-state index in [1.54, 1.807) is 17.5 Å². The highest BCUT2D eigenvalue weighted by molar-refractivity contribution is 7.22. The summed E-state index contributed by atoms with van der Waals surface area (Å²) in [6.45, 7) is 12.2. The first kappa shape index (κ1) is 25.4. The number of halogens is 1. The van der Waals surface area contributed by atoms with Gasteiger partial charge in [0.15, 0.2) is 16.1 Å². The minimum Gasteiger partial charge on any atom is -0.349 e. The maximum atomic E-state index is 14.8. The number of likely N-dealkylation sites (N-methyl/N-ethyl adjacent to an activating group) is 1. The van der Waals surface area contributed by atoms with E-state index in [-0.39, 0.29) is 17.5 Å². The van der Waals surface area contributed by atoms with Gasteiger partial charge in [-0.3, -0.25) is 4.79 Å². The van der Waals surface area contributed by atoms with E-state index in [2.05, 4.69) is 50.8 Å². The first-order valence-corrected chi connectivity index (χ1v) is 14.0. The number of thiazole rings is 2. The SMILES string of the molecule is CCN1CCN(C(=O)c2cnc(Nc3ncc(F)c(-c4ccc5nc(N(CC)CC)sc5c4)n3)s2)CC1. The number of nitrogens with zero attached hydrogens (tertiary/aromatic N) is 7. The number of hydrogen-bond donors (Lipinski definition) is 1. The molecule has 3 aromatic heterocycles. The Kier molecular flexibility index (Phi) is 7.58. The molecule has 12 heteroatoms. The smallest absolute Gasteiger partial charge is 0.265 e. The van der Waals surface area contributed by atoms with Crippen LogP contribution >= 0.6 is 22.7 Å². The lowest BCUT2D eigenvalue weighted by Gasteiger charge is -2.33. The highest BCUT2D eigenvalue weighted by atomic mass is 32.1. The topological polar surface area (TPSA) is 90.4 Å². The van der Waals surface area contributed by atoms with Crippen LogP contribution in [0.15, 0.2) is 30.6 Å². The van der Waals surface area contributed by atoms with E-state index in [9.17, 15) is 9.18 Å². The van der Waals surface area contributed by atoms with Crippen LogP contribution in [0.5, 0.6) is 0 Å². The van der Waals surface area contributed by atoms with Crippen LogP contribution in [0.4, 0.5) is 20.6 Å². The van der Waals surface area contributed by atoms with E-state index in [0.29, 0.717) is 28.7 Å². The van der Waals surface area contributed by atoms with E-state index >= 15 is 0 Å². The van der Waals surface area contributed by atoms with Gasteiger partial charge in [0.2, 0.25) is 5.95 Å². The molecule has 0 atom stereocenters. The molecule has 9 nitrogen and oxygen atoms in total. The first-order valence-electron chi connectivity index (χ1n) is 12.4. The van der Waals surface area contributed by atoms with Gasteiger partial charge >= 0.3 is 0 Å². The molecule has 1 aromatic carbocycles. The number of aromatic nitrogens is 4. The molecular formula is C25H29FN8OS2. The third-order valence-electron chi connectivity index (χ3n) is 6.47. The third kappa shape index (κ3) is 5.41. The third-order valence-corrected chi connectivity index (χ3v) is 8.45. The van der Waals surface area contributed by atoms with Crippen molar-refractivity contribution in [3.63, 3.8) is 0 Å². The van der Waals surface area contributed by atoms with Crippen LogP contribution < -0.4 is 10.2 Å². The molecule has 0 saturated carbocycles. The highest BCUT2D eigenvalue weighted by Gasteiger charge is 2.23. The van der Waals surface area contributed by atoms with Crippen molar-refractivity contribution in [3.8, 4) is 11.3 Å². The Morgan fingerprint density at radius 1 is 1.05 bits per heavy atom. The second kappa shape index (κ2) is 11.0. The maximum absolute atomic E-state index is 14.8. The van der Waals surface area contributed by atoms with E-state index < -0.39 is 5.82 Å². The van der Waals surface area contributed by atoms with Crippen molar-refractivity contribution < 1.29 is 9.18 Å². The quantitative estimate of drug-likeness (QED) is 0.344.